The van der Waals surface area contributed by atoms with E-state index in [1.54, 1.807) is 42.7 Å². The van der Waals surface area contributed by atoms with Crippen molar-refractivity contribution >= 4 is 34.0 Å². The van der Waals surface area contributed by atoms with Gasteiger partial charge in [-0.25, -0.2) is 4.98 Å². The lowest BCUT2D eigenvalue weighted by molar-refractivity contribution is 0.0993. The van der Waals surface area contributed by atoms with Crippen LogP contribution in [-0.4, -0.2) is 21.8 Å². The summed E-state index contributed by atoms with van der Waals surface area (Å²) < 4.78 is 5.10. The quantitative estimate of drug-likeness (QED) is 0.506. The summed E-state index contributed by atoms with van der Waals surface area (Å²) in [6.07, 6.45) is 4.84. The second kappa shape index (κ2) is 8.07. The Morgan fingerprint density at radius 2 is 1.97 bits per heavy atom. The van der Waals surface area contributed by atoms with Gasteiger partial charge in [0.15, 0.2) is 10.9 Å². The number of aryl methyl sites for hydroxylation is 1. The molecule has 0 saturated heterocycles. The van der Waals surface area contributed by atoms with Crippen molar-refractivity contribution in [1.29, 1.82) is 0 Å². The number of rotatable bonds is 5. The second-order valence-electron chi connectivity index (χ2n) is 6.19. The van der Waals surface area contributed by atoms with Crippen LogP contribution in [0.15, 0.2) is 70.9 Å². The Kier molecular flexibility index (Phi) is 5.17. The molecule has 0 aliphatic rings. The average Bonchev–Trinajstić information content (AvgIpc) is 3.42. The Morgan fingerprint density at radius 1 is 1.07 bits per heavy atom. The highest BCUT2D eigenvalue weighted by molar-refractivity contribution is 7.14. The van der Waals surface area contributed by atoms with Gasteiger partial charge in [0, 0.05) is 34.6 Å². The summed E-state index contributed by atoms with van der Waals surface area (Å²) in [5.41, 5.74) is 3.39. The molecule has 0 fully saturated rings. The van der Waals surface area contributed by atoms with Crippen LogP contribution in [0, 0.1) is 6.92 Å². The number of benzene rings is 1. The van der Waals surface area contributed by atoms with Gasteiger partial charge < -0.3 is 9.73 Å². The predicted octanol–water partition coefficient (Wildman–Crippen LogP) is 4.61. The summed E-state index contributed by atoms with van der Waals surface area (Å²) >= 11 is 1.33. The number of hydrogen-bond acceptors (Lipinski definition) is 6. The van der Waals surface area contributed by atoms with Gasteiger partial charge in [0.2, 0.25) is 0 Å². The molecule has 7 nitrogen and oxygen atoms in total. The molecule has 1 aromatic carbocycles. The van der Waals surface area contributed by atoms with Gasteiger partial charge in [-0.05, 0) is 48.9 Å². The summed E-state index contributed by atoms with van der Waals surface area (Å²) in [6, 6.07) is 12.0. The number of aromatic nitrogens is 2. The van der Waals surface area contributed by atoms with Gasteiger partial charge in [-0.15, -0.1) is 11.3 Å². The fourth-order valence-corrected chi connectivity index (χ4v) is 3.35. The van der Waals surface area contributed by atoms with E-state index in [4.69, 9.17) is 4.42 Å². The molecule has 3 heterocycles. The van der Waals surface area contributed by atoms with E-state index < -0.39 is 0 Å². The van der Waals surface area contributed by atoms with Crippen LogP contribution in [0.4, 0.5) is 10.8 Å². The van der Waals surface area contributed by atoms with Gasteiger partial charge >= 0.3 is 0 Å². The minimum Gasteiger partial charge on any atom is -0.459 e. The number of nitrogens with zero attached hydrogens (tertiary/aromatic N) is 2. The average molecular weight is 404 g/mol. The molecule has 2 amide bonds. The van der Waals surface area contributed by atoms with Crippen LogP contribution in [0.5, 0.6) is 0 Å². The van der Waals surface area contributed by atoms with Crippen LogP contribution < -0.4 is 10.6 Å². The first-order chi connectivity index (χ1) is 14.1. The van der Waals surface area contributed by atoms with E-state index in [2.05, 4.69) is 20.6 Å². The number of thiazole rings is 1. The van der Waals surface area contributed by atoms with E-state index in [0.717, 1.165) is 16.8 Å². The fraction of sp³-hybridized carbons (Fsp3) is 0.0476. The fourth-order valence-electron chi connectivity index (χ4n) is 2.64. The zero-order valence-corrected chi connectivity index (χ0v) is 16.2. The first kappa shape index (κ1) is 18.6. The molecule has 144 valence electrons. The summed E-state index contributed by atoms with van der Waals surface area (Å²) in [5.74, 6) is -0.493. The number of nitrogens with one attached hydrogen (secondary N) is 2. The number of amides is 2. The molecule has 0 aliphatic carbocycles. The van der Waals surface area contributed by atoms with Gasteiger partial charge in [0.05, 0.1) is 12.0 Å². The smallest absolute Gasteiger partial charge is 0.291 e. The van der Waals surface area contributed by atoms with Crippen molar-refractivity contribution < 1.29 is 14.0 Å². The predicted molar refractivity (Wildman–Crippen MR) is 111 cm³/mol. The summed E-state index contributed by atoms with van der Waals surface area (Å²) in [7, 11) is 0. The van der Waals surface area contributed by atoms with Crippen molar-refractivity contribution in [3.05, 3.63) is 83.4 Å². The first-order valence-corrected chi connectivity index (χ1v) is 9.61. The van der Waals surface area contributed by atoms with Crippen molar-refractivity contribution in [2.75, 3.05) is 10.6 Å². The number of hydrogen-bond donors (Lipinski definition) is 2. The minimum absolute atomic E-state index is 0.199. The first-order valence-electron chi connectivity index (χ1n) is 8.73. The largest absolute Gasteiger partial charge is 0.459 e. The topological polar surface area (TPSA) is 97.1 Å². The van der Waals surface area contributed by atoms with Crippen LogP contribution >= 0.6 is 11.3 Å². The van der Waals surface area contributed by atoms with E-state index in [9.17, 15) is 9.59 Å². The van der Waals surface area contributed by atoms with E-state index in [-0.39, 0.29) is 17.6 Å². The molecular formula is C21H16N4O3S. The molecular weight excluding hydrogens is 388 g/mol. The Balaban J connectivity index is 1.49. The lowest BCUT2D eigenvalue weighted by Gasteiger charge is -2.09. The maximum absolute atomic E-state index is 12.6. The Morgan fingerprint density at radius 3 is 2.72 bits per heavy atom. The molecule has 4 aromatic rings. The molecule has 8 heteroatoms. The third kappa shape index (κ3) is 4.22. The van der Waals surface area contributed by atoms with Crippen molar-refractivity contribution in [3.63, 3.8) is 0 Å². The lowest BCUT2D eigenvalue weighted by Crippen LogP contribution is -2.15. The monoisotopic (exact) mass is 404 g/mol. The van der Waals surface area contributed by atoms with Crippen LogP contribution in [0.1, 0.15) is 26.5 Å². The van der Waals surface area contributed by atoms with Crippen LogP contribution in [0.2, 0.25) is 0 Å². The number of carbonyl (C=O) groups is 2. The third-order valence-electron chi connectivity index (χ3n) is 4.17. The van der Waals surface area contributed by atoms with E-state index in [1.165, 1.54) is 17.6 Å². The highest BCUT2D eigenvalue weighted by Gasteiger charge is 2.14. The van der Waals surface area contributed by atoms with Crippen LogP contribution in [0.25, 0.3) is 11.3 Å². The van der Waals surface area contributed by atoms with Crippen LogP contribution in [0.3, 0.4) is 0 Å². The SMILES string of the molecule is Cc1ccc(C(=O)Nc2nc(-c3cccnc3)cs2)cc1NC(=O)c1ccco1. The van der Waals surface area contributed by atoms with Gasteiger partial charge in [-0.2, -0.15) is 0 Å². The van der Waals surface area contributed by atoms with Crippen molar-refractivity contribution in [1.82, 2.24) is 9.97 Å². The van der Waals surface area contributed by atoms with Crippen LogP contribution in [-0.2, 0) is 0 Å². The molecule has 0 saturated carbocycles. The maximum atomic E-state index is 12.6. The summed E-state index contributed by atoms with van der Waals surface area (Å²) in [6.45, 7) is 1.85. The Labute approximate surface area is 170 Å². The number of carbonyl (C=O) groups excluding carboxylic acids is 2. The third-order valence-corrected chi connectivity index (χ3v) is 4.93. The number of anilines is 2. The molecule has 0 atom stereocenters. The highest BCUT2D eigenvalue weighted by Crippen LogP contribution is 2.25. The van der Waals surface area contributed by atoms with Gasteiger partial charge in [0.25, 0.3) is 11.8 Å². The maximum Gasteiger partial charge on any atom is 0.291 e. The standard InChI is InChI=1S/C21H16N4O3S/c1-13-6-7-14(10-16(13)23-20(27)18-5-3-9-28-18)19(26)25-21-24-17(12-29-21)15-4-2-8-22-11-15/h2-12H,1H3,(H,23,27)(H,24,25,26). The van der Waals surface area contributed by atoms with Gasteiger partial charge in [-0.3, -0.25) is 19.9 Å². The summed E-state index contributed by atoms with van der Waals surface area (Å²) in [4.78, 5) is 33.4. The lowest BCUT2D eigenvalue weighted by atomic mass is 10.1. The van der Waals surface area contributed by atoms with Crippen molar-refractivity contribution in [2.45, 2.75) is 6.92 Å². The van der Waals surface area contributed by atoms with E-state index in [1.807, 2.05) is 24.4 Å². The summed E-state index contributed by atoms with van der Waals surface area (Å²) in [5, 5.41) is 7.90. The molecule has 0 aliphatic heterocycles. The molecule has 29 heavy (non-hydrogen) atoms. The number of furan rings is 1. The van der Waals surface area contributed by atoms with Crippen molar-refractivity contribution in [2.24, 2.45) is 0 Å². The molecule has 2 N–H and O–H groups in total. The molecule has 0 radical (unpaired) electrons. The Bertz CT molecular complexity index is 1150. The Hall–Kier alpha value is -3.78. The molecule has 0 unspecified atom stereocenters. The minimum atomic E-state index is -0.378. The van der Waals surface area contributed by atoms with E-state index in [0.29, 0.717) is 16.4 Å². The van der Waals surface area contributed by atoms with E-state index >= 15 is 0 Å². The highest BCUT2D eigenvalue weighted by atomic mass is 32.1. The molecule has 4 rings (SSSR count). The second-order valence-corrected chi connectivity index (χ2v) is 7.05. The van der Waals surface area contributed by atoms with Crippen molar-refractivity contribution in [3.8, 4) is 11.3 Å². The van der Waals surface area contributed by atoms with Gasteiger partial charge in [-0.1, -0.05) is 6.07 Å². The zero-order valence-electron chi connectivity index (χ0n) is 15.4. The van der Waals surface area contributed by atoms with Gasteiger partial charge in [0.1, 0.15) is 0 Å². The molecule has 0 bridgehead atoms. The number of pyridine rings is 1. The molecule has 0 spiro atoms. The normalized spacial score (nSPS) is 10.5. The molecule has 3 aromatic heterocycles. The zero-order chi connectivity index (χ0) is 20.2.